The van der Waals surface area contributed by atoms with Crippen LogP contribution in [-0.4, -0.2) is 41.8 Å². The van der Waals surface area contributed by atoms with E-state index in [-0.39, 0.29) is 12.5 Å². The second kappa shape index (κ2) is 9.84. The Morgan fingerprint density at radius 2 is 1.83 bits per heavy atom. The third-order valence-corrected chi connectivity index (χ3v) is 5.60. The van der Waals surface area contributed by atoms with Gasteiger partial charge in [-0.3, -0.25) is 4.79 Å². The number of aliphatic carboxylic acids is 1. The largest absolute Gasteiger partial charge is 0.490 e. The molecule has 2 N–H and O–H groups in total. The lowest BCUT2D eigenvalue weighted by Gasteiger charge is -2.37. The zero-order chi connectivity index (χ0) is 21.7. The number of carbonyl (C=O) groups is 2. The molecule has 0 bridgehead atoms. The first-order valence-corrected chi connectivity index (χ1v) is 10.7. The van der Waals surface area contributed by atoms with E-state index < -0.39 is 12.0 Å². The van der Waals surface area contributed by atoms with Gasteiger partial charge in [0.2, 0.25) is 0 Å². The third kappa shape index (κ3) is 4.87. The van der Waals surface area contributed by atoms with Crippen LogP contribution in [0.15, 0.2) is 40.9 Å². The van der Waals surface area contributed by atoms with Crippen molar-refractivity contribution in [1.82, 2.24) is 4.90 Å². The van der Waals surface area contributed by atoms with E-state index in [1.165, 1.54) is 0 Å². The van der Waals surface area contributed by atoms with Crippen molar-refractivity contribution in [2.45, 2.75) is 32.7 Å². The van der Waals surface area contributed by atoms with Crippen molar-refractivity contribution in [3.8, 4) is 11.5 Å². The summed E-state index contributed by atoms with van der Waals surface area (Å²) in [5, 5.41) is 12.4. The predicted molar refractivity (Wildman–Crippen MR) is 117 cm³/mol. The van der Waals surface area contributed by atoms with Gasteiger partial charge in [0, 0.05) is 11.0 Å². The maximum Gasteiger partial charge on any atom is 0.322 e. The minimum Gasteiger partial charge on any atom is -0.490 e. The average Bonchev–Trinajstić information content (AvgIpc) is 2.70. The lowest BCUT2D eigenvalue weighted by atomic mass is 9.90. The van der Waals surface area contributed by atoms with Crippen molar-refractivity contribution in [2.24, 2.45) is 0 Å². The number of rotatable bonds is 7. The Kier molecular flexibility index (Phi) is 7.20. The first-order valence-electron chi connectivity index (χ1n) is 9.90. The molecular weight excluding hydrogens is 452 g/mol. The summed E-state index contributed by atoms with van der Waals surface area (Å²) in [4.78, 5) is 26.2. The van der Waals surface area contributed by atoms with E-state index in [0.717, 1.165) is 15.6 Å². The molecule has 1 heterocycles. The average molecular weight is 477 g/mol. The number of carboxylic acids is 1. The highest BCUT2D eigenvalue weighted by atomic mass is 79.9. The molecule has 0 fully saturated rings. The van der Waals surface area contributed by atoms with Crippen LogP contribution in [0.1, 0.15) is 37.4 Å². The molecule has 0 unspecified atom stereocenters. The second-order valence-corrected chi connectivity index (χ2v) is 7.69. The second-order valence-electron chi connectivity index (χ2n) is 6.83. The molecule has 0 radical (unpaired) electrons. The minimum atomic E-state index is -0.974. The Labute approximate surface area is 184 Å². The van der Waals surface area contributed by atoms with Gasteiger partial charge in [-0.15, -0.1) is 0 Å². The number of nitrogens with zero attached hydrogens (tertiary/aromatic N) is 1. The molecule has 0 aromatic heterocycles. The Bertz CT molecular complexity index is 934. The fourth-order valence-electron chi connectivity index (χ4n) is 3.62. The molecule has 3 rings (SSSR count). The van der Waals surface area contributed by atoms with Crippen molar-refractivity contribution >= 4 is 33.6 Å². The summed E-state index contributed by atoms with van der Waals surface area (Å²) >= 11 is 3.42. The molecule has 0 spiro atoms. The number of halogens is 1. The highest BCUT2D eigenvalue weighted by Crippen LogP contribution is 2.40. The van der Waals surface area contributed by atoms with E-state index in [1.807, 2.05) is 44.2 Å². The summed E-state index contributed by atoms with van der Waals surface area (Å²) in [6.45, 7) is 5.13. The number of carbonyl (C=O) groups excluding carboxylic acids is 1. The van der Waals surface area contributed by atoms with Crippen LogP contribution < -0.4 is 14.8 Å². The molecule has 2 aromatic carbocycles. The number of carboxylic acid groups (broad SMARTS) is 1. The number of benzene rings is 2. The Morgan fingerprint density at radius 3 is 2.47 bits per heavy atom. The molecule has 1 aliphatic heterocycles. The molecule has 2 amide bonds. The monoisotopic (exact) mass is 476 g/mol. The summed E-state index contributed by atoms with van der Waals surface area (Å²) in [6, 6.07) is 10.1. The smallest absolute Gasteiger partial charge is 0.322 e. The third-order valence-electron chi connectivity index (χ3n) is 4.91. The van der Waals surface area contributed by atoms with Gasteiger partial charge in [-0.05, 0) is 71.6 Å². The molecule has 2 aromatic rings. The number of anilines is 1. The van der Waals surface area contributed by atoms with Crippen LogP contribution in [0, 0.1) is 0 Å². The van der Waals surface area contributed by atoms with Crippen LogP contribution in [0.2, 0.25) is 0 Å². The SMILES string of the molecule is CCOc1cc2c(cc1OCC)[C@H](CC(=O)O)N(C(=O)Nc1ccccc1Br)CC2. The number of ether oxygens (including phenoxy) is 2. The summed E-state index contributed by atoms with van der Waals surface area (Å²) in [7, 11) is 0. The zero-order valence-corrected chi connectivity index (χ0v) is 18.6. The molecule has 0 aliphatic carbocycles. The standard InChI is InChI=1S/C22H25BrN2O5/c1-3-29-19-11-14-9-10-25(22(28)24-17-8-6-5-7-16(17)23)18(13-21(26)27)15(14)12-20(19)30-4-2/h5-8,11-12,18H,3-4,9-10,13H2,1-2H3,(H,24,28)(H,26,27)/t18-/m0/s1. The van der Waals surface area contributed by atoms with Crippen LogP contribution in [0.25, 0.3) is 0 Å². The maximum atomic E-state index is 13.0. The van der Waals surface area contributed by atoms with Crippen LogP contribution in [0.5, 0.6) is 11.5 Å². The Balaban J connectivity index is 1.96. The molecule has 7 nitrogen and oxygen atoms in total. The van der Waals surface area contributed by atoms with Crippen molar-refractivity contribution in [3.63, 3.8) is 0 Å². The van der Waals surface area contributed by atoms with Crippen molar-refractivity contribution in [3.05, 3.63) is 52.0 Å². The topological polar surface area (TPSA) is 88.1 Å². The highest BCUT2D eigenvalue weighted by Gasteiger charge is 2.34. The fourth-order valence-corrected chi connectivity index (χ4v) is 4.01. The number of hydrogen-bond donors (Lipinski definition) is 2. The molecule has 160 valence electrons. The predicted octanol–water partition coefficient (Wildman–Crippen LogP) is 4.85. The molecule has 30 heavy (non-hydrogen) atoms. The molecule has 1 atom stereocenters. The lowest BCUT2D eigenvalue weighted by molar-refractivity contribution is -0.138. The summed E-state index contributed by atoms with van der Waals surface area (Å²) < 4.78 is 12.2. The van der Waals surface area contributed by atoms with Crippen molar-refractivity contribution in [1.29, 1.82) is 0 Å². The number of fused-ring (bicyclic) bond motifs is 1. The van der Waals surface area contributed by atoms with E-state index in [1.54, 1.807) is 11.0 Å². The van der Waals surface area contributed by atoms with Gasteiger partial charge in [0.1, 0.15) is 0 Å². The fraction of sp³-hybridized carbons (Fsp3) is 0.364. The number of para-hydroxylation sites is 1. The first-order chi connectivity index (χ1) is 14.4. The molecule has 0 saturated heterocycles. The van der Waals surface area contributed by atoms with Gasteiger partial charge in [0.15, 0.2) is 11.5 Å². The maximum absolute atomic E-state index is 13.0. The summed E-state index contributed by atoms with van der Waals surface area (Å²) in [6.07, 6.45) is 0.400. The summed E-state index contributed by atoms with van der Waals surface area (Å²) in [5.41, 5.74) is 2.37. The number of amides is 2. The van der Waals surface area contributed by atoms with Gasteiger partial charge in [0.05, 0.1) is 31.4 Å². The quantitative estimate of drug-likeness (QED) is 0.595. The Morgan fingerprint density at radius 1 is 1.17 bits per heavy atom. The van der Waals surface area contributed by atoms with E-state index in [2.05, 4.69) is 21.2 Å². The number of hydrogen-bond acceptors (Lipinski definition) is 4. The number of nitrogens with one attached hydrogen (secondary N) is 1. The Hall–Kier alpha value is -2.74. The van der Waals surface area contributed by atoms with E-state index >= 15 is 0 Å². The minimum absolute atomic E-state index is 0.198. The van der Waals surface area contributed by atoms with E-state index in [4.69, 9.17) is 9.47 Å². The number of urea groups is 1. The van der Waals surface area contributed by atoms with Crippen LogP contribution >= 0.6 is 15.9 Å². The van der Waals surface area contributed by atoms with Gasteiger partial charge in [-0.1, -0.05) is 12.1 Å². The van der Waals surface area contributed by atoms with Gasteiger partial charge < -0.3 is 24.8 Å². The molecular formula is C22H25BrN2O5. The van der Waals surface area contributed by atoms with Crippen LogP contribution in [0.4, 0.5) is 10.5 Å². The van der Waals surface area contributed by atoms with Crippen LogP contribution in [0.3, 0.4) is 0 Å². The molecule has 1 aliphatic rings. The van der Waals surface area contributed by atoms with Crippen molar-refractivity contribution < 1.29 is 24.2 Å². The zero-order valence-electron chi connectivity index (χ0n) is 17.0. The molecule has 0 saturated carbocycles. The van der Waals surface area contributed by atoms with E-state index in [9.17, 15) is 14.7 Å². The normalized spacial score (nSPS) is 15.3. The lowest BCUT2D eigenvalue weighted by Crippen LogP contribution is -2.43. The van der Waals surface area contributed by atoms with E-state index in [0.29, 0.717) is 43.4 Å². The highest BCUT2D eigenvalue weighted by molar-refractivity contribution is 9.10. The molecule has 8 heteroatoms. The van der Waals surface area contributed by atoms with Gasteiger partial charge in [0.25, 0.3) is 0 Å². The summed E-state index contributed by atoms with van der Waals surface area (Å²) in [5.74, 6) is 0.221. The first kappa shape index (κ1) is 22.0. The van der Waals surface area contributed by atoms with Crippen molar-refractivity contribution in [2.75, 3.05) is 25.1 Å². The van der Waals surface area contributed by atoms with Gasteiger partial charge in [-0.25, -0.2) is 4.79 Å². The van der Waals surface area contributed by atoms with Gasteiger partial charge >= 0.3 is 12.0 Å². The van der Waals surface area contributed by atoms with Gasteiger partial charge in [-0.2, -0.15) is 0 Å². The van der Waals surface area contributed by atoms with Crippen LogP contribution in [-0.2, 0) is 11.2 Å².